The Labute approximate surface area is 195 Å². The third-order valence-corrected chi connectivity index (χ3v) is 6.13. The predicted molar refractivity (Wildman–Crippen MR) is 126 cm³/mol. The van der Waals surface area contributed by atoms with Crippen molar-refractivity contribution in [3.63, 3.8) is 0 Å². The molecular weight excluding hydrogens is 432 g/mol. The average Bonchev–Trinajstić information content (AvgIpc) is 3.61. The van der Waals surface area contributed by atoms with Gasteiger partial charge in [-0.15, -0.1) is 10.2 Å². The molecule has 0 amide bonds. The van der Waals surface area contributed by atoms with Crippen LogP contribution in [-0.4, -0.2) is 44.5 Å². The molecule has 0 fully saturated rings. The second-order valence-corrected chi connectivity index (χ2v) is 8.34. The van der Waals surface area contributed by atoms with Crippen LogP contribution in [0, 0.1) is 0 Å². The Bertz CT molecular complexity index is 1380. The molecule has 0 radical (unpaired) electrons. The summed E-state index contributed by atoms with van der Waals surface area (Å²) in [6, 6.07) is 8.01. The number of unbranched alkanes of at least 4 members (excludes halogenated alkanes) is 1. The average molecular weight is 459 g/mol. The molecule has 11 heteroatoms. The van der Waals surface area contributed by atoms with Gasteiger partial charge in [0.1, 0.15) is 6.33 Å². The summed E-state index contributed by atoms with van der Waals surface area (Å²) in [5.41, 5.74) is 2.13. The van der Waals surface area contributed by atoms with Gasteiger partial charge in [-0.1, -0.05) is 43.7 Å². The monoisotopic (exact) mass is 458 g/mol. The lowest BCUT2D eigenvalue weighted by Gasteiger charge is -2.31. The van der Waals surface area contributed by atoms with Crippen LogP contribution >= 0.6 is 0 Å². The van der Waals surface area contributed by atoms with Crippen molar-refractivity contribution in [1.29, 1.82) is 0 Å². The zero-order valence-corrected chi connectivity index (χ0v) is 19.1. The van der Waals surface area contributed by atoms with Crippen molar-refractivity contribution in [2.24, 2.45) is 7.05 Å². The number of nitrogens with one attached hydrogen (secondary N) is 2. The molecule has 3 aromatic heterocycles. The molecule has 1 aliphatic rings. The minimum absolute atomic E-state index is 0.142. The fraction of sp³-hybridized carbons (Fsp3) is 0.304. The van der Waals surface area contributed by atoms with Crippen LogP contribution in [0.1, 0.15) is 31.0 Å². The van der Waals surface area contributed by atoms with Crippen LogP contribution < -0.4 is 11.0 Å². The van der Waals surface area contributed by atoms with Gasteiger partial charge in [0.2, 0.25) is 11.8 Å². The fourth-order valence-electron chi connectivity index (χ4n) is 4.29. The van der Waals surface area contributed by atoms with Gasteiger partial charge < -0.3 is 5.32 Å². The van der Waals surface area contributed by atoms with Crippen molar-refractivity contribution in [1.82, 2.24) is 49.8 Å². The molecule has 0 bridgehead atoms. The Morgan fingerprint density at radius 3 is 2.74 bits per heavy atom. The maximum atomic E-state index is 13.7. The number of aryl methyl sites for hydroxylation is 2. The number of benzene rings is 1. The van der Waals surface area contributed by atoms with Crippen molar-refractivity contribution in [2.45, 2.75) is 38.1 Å². The Kier molecular flexibility index (Phi) is 5.66. The number of tetrazole rings is 1. The number of nitrogens with zero attached hydrogens (tertiary/aromatic N) is 8. The highest BCUT2D eigenvalue weighted by Crippen LogP contribution is 2.33. The van der Waals surface area contributed by atoms with E-state index in [0.717, 1.165) is 36.1 Å². The van der Waals surface area contributed by atoms with E-state index in [0.29, 0.717) is 18.3 Å². The van der Waals surface area contributed by atoms with E-state index in [1.54, 1.807) is 16.3 Å². The Balaban J connectivity index is 1.61. The molecule has 11 nitrogen and oxygen atoms in total. The molecule has 4 heterocycles. The van der Waals surface area contributed by atoms with Crippen LogP contribution in [0.3, 0.4) is 0 Å². The van der Waals surface area contributed by atoms with E-state index < -0.39 is 5.41 Å². The van der Waals surface area contributed by atoms with Crippen molar-refractivity contribution < 1.29 is 0 Å². The molecule has 1 aliphatic heterocycles. The first-order valence-electron chi connectivity index (χ1n) is 11.2. The van der Waals surface area contributed by atoms with Crippen LogP contribution in [0.2, 0.25) is 0 Å². The molecule has 0 saturated heterocycles. The van der Waals surface area contributed by atoms with Gasteiger partial charge in [0.05, 0.1) is 5.41 Å². The van der Waals surface area contributed by atoms with Crippen molar-refractivity contribution >= 4 is 0 Å². The highest BCUT2D eigenvalue weighted by Gasteiger charge is 2.31. The van der Waals surface area contributed by atoms with Crippen molar-refractivity contribution in [3.05, 3.63) is 83.1 Å². The summed E-state index contributed by atoms with van der Waals surface area (Å²) >= 11 is 0. The first-order valence-corrected chi connectivity index (χ1v) is 11.2. The lowest BCUT2D eigenvalue weighted by atomic mass is 9.78. The molecule has 0 saturated carbocycles. The minimum Gasteiger partial charge on any atom is -0.368 e. The molecular formula is C23H26N10O. The number of rotatable bonds is 8. The third-order valence-electron chi connectivity index (χ3n) is 6.13. The van der Waals surface area contributed by atoms with Gasteiger partial charge in [-0.2, -0.15) is 15.3 Å². The number of hydrogen-bond donors (Lipinski definition) is 2. The van der Waals surface area contributed by atoms with Crippen LogP contribution in [0.4, 0.5) is 0 Å². The van der Waals surface area contributed by atoms with E-state index >= 15 is 0 Å². The number of hydrogen-bond acceptors (Lipinski definition) is 7. The summed E-state index contributed by atoms with van der Waals surface area (Å²) in [6.45, 7) is 2.57. The van der Waals surface area contributed by atoms with E-state index in [-0.39, 0.29) is 5.69 Å². The molecule has 174 valence electrons. The summed E-state index contributed by atoms with van der Waals surface area (Å²) in [4.78, 5) is 17.9. The van der Waals surface area contributed by atoms with Crippen LogP contribution in [0.15, 0.2) is 66.1 Å². The van der Waals surface area contributed by atoms with Gasteiger partial charge in [0.25, 0.3) is 0 Å². The van der Waals surface area contributed by atoms with Crippen LogP contribution in [-0.2, 0) is 25.4 Å². The smallest absolute Gasteiger partial charge is 0.335 e. The molecule has 0 spiro atoms. The minimum atomic E-state index is -0.554. The normalized spacial score (nSPS) is 14.4. The van der Waals surface area contributed by atoms with Crippen molar-refractivity contribution in [2.75, 3.05) is 0 Å². The second-order valence-electron chi connectivity index (χ2n) is 8.34. The largest absolute Gasteiger partial charge is 0.368 e. The number of aromatic nitrogens is 9. The lowest BCUT2D eigenvalue weighted by molar-refractivity contribution is 0.495. The van der Waals surface area contributed by atoms with E-state index in [9.17, 15) is 4.79 Å². The topological polar surface area (TPSA) is 124 Å². The highest BCUT2D eigenvalue weighted by atomic mass is 16.2. The van der Waals surface area contributed by atoms with Gasteiger partial charge in [-0.05, 0) is 42.1 Å². The molecule has 34 heavy (non-hydrogen) atoms. The molecule has 1 aromatic carbocycles. The van der Waals surface area contributed by atoms with Crippen LogP contribution in [0.5, 0.6) is 0 Å². The summed E-state index contributed by atoms with van der Waals surface area (Å²) in [7, 11) is 1.78. The zero-order valence-electron chi connectivity index (χ0n) is 19.1. The lowest BCUT2D eigenvalue weighted by Crippen LogP contribution is -2.36. The van der Waals surface area contributed by atoms with E-state index in [1.165, 1.54) is 6.33 Å². The van der Waals surface area contributed by atoms with E-state index in [2.05, 4.69) is 61.2 Å². The predicted octanol–water partition coefficient (Wildman–Crippen LogP) is 1.86. The van der Waals surface area contributed by atoms with E-state index in [4.69, 9.17) is 0 Å². The summed E-state index contributed by atoms with van der Waals surface area (Å²) < 4.78 is 5.03. The first-order chi connectivity index (χ1) is 16.6. The molecule has 0 aliphatic carbocycles. The third kappa shape index (κ3) is 3.85. The van der Waals surface area contributed by atoms with Gasteiger partial charge in [-0.25, -0.2) is 14.0 Å². The molecule has 0 unspecified atom stereocenters. The summed E-state index contributed by atoms with van der Waals surface area (Å²) in [5.74, 6) is 1.01. The van der Waals surface area contributed by atoms with Gasteiger partial charge in [0.15, 0.2) is 0 Å². The SMILES string of the molecule is CCCCc1cn(-c2ncnn2C)c(=O)n1CC1(c2cccc(-c3nn[nH]n3)c2)C=CNC=C1. The van der Waals surface area contributed by atoms with Crippen molar-refractivity contribution in [3.8, 4) is 17.3 Å². The standard InChI is InChI=1S/C23H26N10O/c1-3-4-8-19-14-32(21-25-16-26-31(21)2)22(34)33(19)15-23(9-11-24-12-10-23)18-7-5-6-17(13-18)20-27-29-30-28-20/h5-7,9-14,16,24H,3-4,8,15H2,1-2H3,(H,27,28,29,30). The number of H-pyrrole nitrogens is 1. The molecule has 0 atom stereocenters. The second kappa shape index (κ2) is 8.93. The summed E-state index contributed by atoms with van der Waals surface area (Å²) in [6.07, 6.45) is 14.1. The Morgan fingerprint density at radius 2 is 2.03 bits per heavy atom. The number of imidazole rings is 1. The first kappa shape index (κ1) is 21.6. The molecule has 5 rings (SSSR count). The number of aromatic amines is 1. The maximum absolute atomic E-state index is 13.7. The number of dihydropyridines is 1. The highest BCUT2D eigenvalue weighted by molar-refractivity contribution is 5.57. The van der Waals surface area contributed by atoms with Crippen LogP contribution in [0.25, 0.3) is 17.3 Å². The summed E-state index contributed by atoms with van der Waals surface area (Å²) in [5, 5.41) is 21.7. The number of allylic oxidation sites excluding steroid dienone is 2. The zero-order chi connectivity index (χ0) is 23.5. The van der Waals surface area contributed by atoms with E-state index in [1.807, 2.05) is 41.4 Å². The molecule has 4 aromatic rings. The Hall–Kier alpha value is -4.28. The van der Waals surface area contributed by atoms with Gasteiger partial charge in [0, 0.05) is 31.0 Å². The molecule has 2 N–H and O–H groups in total. The Morgan fingerprint density at radius 1 is 1.18 bits per heavy atom. The fourth-order valence-corrected chi connectivity index (χ4v) is 4.29. The quantitative estimate of drug-likeness (QED) is 0.413. The van der Waals surface area contributed by atoms with Gasteiger partial charge in [-0.3, -0.25) is 4.57 Å². The maximum Gasteiger partial charge on any atom is 0.335 e. The van der Waals surface area contributed by atoms with Gasteiger partial charge >= 0.3 is 5.69 Å².